The molecule has 0 aliphatic carbocycles. The van der Waals surface area contributed by atoms with Crippen molar-refractivity contribution >= 4 is 67.1 Å². The smallest absolute Gasteiger partial charge is 0.276 e. The second kappa shape index (κ2) is 11.7. The van der Waals surface area contributed by atoms with Crippen molar-refractivity contribution in [1.82, 2.24) is 16.2 Å². The van der Waals surface area contributed by atoms with E-state index in [0.717, 1.165) is 20.1 Å². The van der Waals surface area contributed by atoms with E-state index >= 15 is 0 Å². The monoisotopic (exact) mass is 555 g/mol. The number of rotatable bonds is 6. The van der Waals surface area contributed by atoms with E-state index in [1.807, 2.05) is 37.3 Å². The highest BCUT2D eigenvalue weighted by molar-refractivity contribution is 9.11. The number of hydrogen-bond donors (Lipinski definition) is 3. The Morgan fingerprint density at radius 2 is 1.90 bits per heavy atom. The van der Waals surface area contributed by atoms with Gasteiger partial charge in [-0.05, 0) is 64.9 Å². The summed E-state index contributed by atoms with van der Waals surface area (Å²) in [6.45, 7) is 1.63. The fourth-order valence-corrected chi connectivity index (χ4v) is 4.03. The van der Waals surface area contributed by atoms with E-state index in [2.05, 4.69) is 48.0 Å². The molecule has 0 saturated heterocycles. The predicted molar refractivity (Wildman–Crippen MR) is 126 cm³/mol. The van der Waals surface area contributed by atoms with E-state index in [-0.39, 0.29) is 11.7 Å². The van der Waals surface area contributed by atoms with Crippen LogP contribution in [0.1, 0.15) is 11.1 Å². The Morgan fingerprint density at radius 3 is 2.60 bits per heavy atom. The lowest BCUT2D eigenvalue weighted by Gasteiger charge is -2.13. The highest BCUT2D eigenvalue weighted by Gasteiger charge is 2.10. The summed E-state index contributed by atoms with van der Waals surface area (Å²) in [7, 11) is 1.55. The van der Waals surface area contributed by atoms with E-state index in [1.54, 1.807) is 19.3 Å². The van der Waals surface area contributed by atoms with Crippen LogP contribution in [0.3, 0.4) is 0 Å². The van der Waals surface area contributed by atoms with Crippen LogP contribution in [0.4, 0.5) is 0 Å². The minimum Gasteiger partial charge on any atom is -0.496 e. The maximum absolute atomic E-state index is 12.0. The summed E-state index contributed by atoms with van der Waals surface area (Å²) in [5.74, 6) is 0.275. The average Bonchev–Trinajstić information content (AvgIpc) is 2.70. The lowest BCUT2D eigenvalue weighted by atomic mass is 10.2. The van der Waals surface area contributed by atoms with Crippen molar-refractivity contribution in [3.05, 3.63) is 62.5 Å². The molecule has 0 bridgehead atoms. The van der Waals surface area contributed by atoms with Crippen molar-refractivity contribution in [2.45, 2.75) is 6.92 Å². The van der Waals surface area contributed by atoms with Gasteiger partial charge in [-0.3, -0.25) is 25.8 Å². The maximum atomic E-state index is 12.0. The molecule has 0 aliphatic heterocycles. The highest BCUT2D eigenvalue weighted by atomic mass is 79.9. The highest BCUT2D eigenvalue weighted by Crippen LogP contribution is 2.32. The summed E-state index contributed by atoms with van der Waals surface area (Å²) in [4.78, 5) is 23.9. The maximum Gasteiger partial charge on any atom is 0.276 e. The van der Waals surface area contributed by atoms with E-state index in [1.165, 1.54) is 6.08 Å². The topological polar surface area (TPSA) is 88.7 Å². The van der Waals surface area contributed by atoms with E-state index in [9.17, 15) is 9.59 Å². The third-order valence-corrected chi connectivity index (χ3v) is 4.90. The van der Waals surface area contributed by atoms with Crippen LogP contribution >= 0.6 is 44.1 Å². The van der Waals surface area contributed by atoms with Gasteiger partial charge in [-0.15, -0.1) is 0 Å². The first-order chi connectivity index (χ1) is 14.3. The summed E-state index contributed by atoms with van der Waals surface area (Å²) < 4.78 is 12.4. The predicted octanol–water partition coefficient (Wildman–Crippen LogP) is 3.64. The number of aryl methyl sites for hydroxylation is 1. The third kappa shape index (κ3) is 7.43. The molecule has 158 valence electrons. The zero-order valence-electron chi connectivity index (χ0n) is 16.1. The Bertz CT molecular complexity index is 959. The second-order valence-corrected chi connectivity index (χ2v) is 8.07. The first-order valence-electron chi connectivity index (χ1n) is 8.59. The molecule has 3 N–H and O–H groups in total. The van der Waals surface area contributed by atoms with Crippen LogP contribution < -0.4 is 25.6 Å². The lowest BCUT2D eigenvalue weighted by molar-refractivity contribution is -0.123. The quantitative estimate of drug-likeness (QED) is 0.286. The van der Waals surface area contributed by atoms with Crippen molar-refractivity contribution in [3.63, 3.8) is 0 Å². The molecule has 0 aliphatic rings. The van der Waals surface area contributed by atoms with Crippen LogP contribution in [0.25, 0.3) is 6.08 Å². The second-order valence-electron chi connectivity index (χ2n) is 5.89. The first-order valence-corrected chi connectivity index (χ1v) is 10.6. The molecule has 2 amide bonds. The molecular formula is C20H19Br2N3O4S. The number of methoxy groups -OCH3 is 1. The largest absolute Gasteiger partial charge is 0.496 e. The zero-order chi connectivity index (χ0) is 22.1. The molecule has 0 spiro atoms. The molecule has 2 aromatic carbocycles. The molecule has 0 aromatic heterocycles. The van der Waals surface area contributed by atoms with Crippen molar-refractivity contribution in [3.8, 4) is 11.5 Å². The van der Waals surface area contributed by atoms with Crippen LogP contribution in [-0.2, 0) is 9.59 Å². The number of carbonyl (C=O) groups excluding carboxylic acids is 2. The van der Waals surface area contributed by atoms with Crippen molar-refractivity contribution < 1.29 is 19.1 Å². The first kappa shape index (κ1) is 23.8. The lowest BCUT2D eigenvalue weighted by Crippen LogP contribution is -2.49. The van der Waals surface area contributed by atoms with E-state index in [4.69, 9.17) is 21.7 Å². The zero-order valence-corrected chi connectivity index (χ0v) is 20.1. The molecule has 0 radical (unpaired) electrons. The van der Waals surface area contributed by atoms with E-state index < -0.39 is 11.8 Å². The van der Waals surface area contributed by atoms with Gasteiger partial charge < -0.3 is 9.47 Å². The standard InChI is InChI=1S/C20H19Br2N3O4S/c1-12-9-14(21)10-15(22)19(12)29-11-18(27)24-25-20(30)23-17(26)8-7-13-5-3-4-6-16(13)28-2/h3-10H,11H2,1-2H3,(H,24,27)(H2,23,25,26,30)/b8-7+. The van der Waals surface area contributed by atoms with Gasteiger partial charge in [-0.1, -0.05) is 34.1 Å². The SMILES string of the molecule is COc1ccccc1/C=C/C(=O)NC(=S)NNC(=O)COc1c(C)cc(Br)cc1Br. The number of benzene rings is 2. The minimum atomic E-state index is -0.467. The molecule has 0 fully saturated rings. The summed E-state index contributed by atoms with van der Waals surface area (Å²) in [5, 5.41) is 2.37. The molecule has 2 rings (SSSR count). The number of para-hydroxylation sites is 1. The molecule has 2 aromatic rings. The van der Waals surface area contributed by atoms with Gasteiger partial charge in [0, 0.05) is 16.1 Å². The van der Waals surface area contributed by atoms with Crippen molar-refractivity contribution in [1.29, 1.82) is 0 Å². The van der Waals surface area contributed by atoms with Gasteiger partial charge in [0.05, 0.1) is 11.6 Å². The van der Waals surface area contributed by atoms with Gasteiger partial charge in [-0.25, -0.2) is 0 Å². The number of carbonyl (C=O) groups is 2. The normalized spacial score (nSPS) is 10.4. The molecular weight excluding hydrogens is 538 g/mol. The Balaban J connectivity index is 1.78. The summed E-state index contributed by atoms with van der Waals surface area (Å²) >= 11 is 11.8. The van der Waals surface area contributed by atoms with Crippen molar-refractivity contribution in [2.24, 2.45) is 0 Å². The number of amides is 2. The Morgan fingerprint density at radius 1 is 1.17 bits per heavy atom. The number of nitrogens with one attached hydrogen (secondary N) is 3. The minimum absolute atomic E-state index is 0.0565. The fourth-order valence-electron chi connectivity index (χ4n) is 2.33. The van der Waals surface area contributed by atoms with Crippen LogP contribution in [0.15, 0.2) is 51.4 Å². The summed E-state index contributed by atoms with van der Waals surface area (Å²) in [6.07, 6.45) is 2.91. The number of ether oxygens (including phenoxy) is 2. The average molecular weight is 557 g/mol. The summed E-state index contributed by atoms with van der Waals surface area (Å²) in [5.41, 5.74) is 6.42. The molecule has 0 atom stereocenters. The van der Waals surface area contributed by atoms with Gasteiger partial charge in [0.2, 0.25) is 5.91 Å². The fraction of sp³-hybridized carbons (Fsp3) is 0.150. The molecule has 7 nitrogen and oxygen atoms in total. The van der Waals surface area contributed by atoms with E-state index in [0.29, 0.717) is 11.5 Å². The van der Waals surface area contributed by atoms with Gasteiger partial charge >= 0.3 is 0 Å². The molecule has 0 heterocycles. The van der Waals surface area contributed by atoms with Gasteiger partial charge in [0.25, 0.3) is 5.91 Å². The van der Waals surface area contributed by atoms with Crippen LogP contribution in [-0.4, -0.2) is 30.6 Å². The van der Waals surface area contributed by atoms with Gasteiger partial charge in [-0.2, -0.15) is 0 Å². The number of hydrogen-bond acceptors (Lipinski definition) is 5. The Labute approximate surface area is 196 Å². The summed E-state index contributed by atoms with van der Waals surface area (Å²) in [6, 6.07) is 11.0. The van der Waals surface area contributed by atoms with Gasteiger partial charge in [0.15, 0.2) is 11.7 Å². The number of thiocarbonyl (C=S) groups is 1. The molecule has 0 saturated carbocycles. The molecule has 30 heavy (non-hydrogen) atoms. The van der Waals surface area contributed by atoms with Gasteiger partial charge in [0.1, 0.15) is 11.5 Å². The van der Waals surface area contributed by atoms with Crippen LogP contribution in [0.5, 0.6) is 11.5 Å². The Hall–Kier alpha value is -2.43. The Kier molecular flexibility index (Phi) is 9.28. The molecule has 0 unspecified atom stereocenters. The van der Waals surface area contributed by atoms with Crippen molar-refractivity contribution in [2.75, 3.05) is 13.7 Å². The molecule has 10 heteroatoms. The van der Waals surface area contributed by atoms with Crippen LogP contribution in [0, 0.1) is 6.92 Å². The third-order valence-electron chi connectivity index (χ3n) is 3.65. The number of hydrazine groups is 1. The van der Waals surface area contributed by atoms with Crippen LogP contribution in [0.2, 0.25) is 0 Å². The number of halogens is 2.